The van der Waals surface area contributed by atoms with Crippen molar-refractivity contribution >= 4 is 5.82 Å². The van der Waals surface area contributed by atoms with Crippen LogP contribution in [0.15, 0.2) is 10.9 Å². The first-order valence-corrected chi connectivity index (χ1v) is 5.24. The van der Waals surface area contributed by atoms with E-state index in [1.807, 2.05) is 0 Å². The summed E-state index contributed by atoms with van der Waals surface area (Å²) in [5, 5.41) is 0. The van der Waals surface area contributed by atoms with Gasteiger partial charge in [0.05, 0.1) is 6.54 Å². The molecule has 0 spiro atoms. The molecule has 2 N–H and O–H groups in total. The third kappa shape index (κ3) is 1.87. The smallest absolute Gasteiger partial charge is 0.255 e. The SMILES string of the molecule is Cn1c(CN)nc(N2CCCC2)cc1=O. The molecule has 0 unspecified atom stereocenters. The van der Waals surface area contributed by atoms with E-state index in [0.29, 0.717) is 12.4 Å². The highest BCUT2D eigenvalue weighted by Crippen LogP contribution is 2.15. The molecule has 1 aromatic heterocycles. The molecule has 82 valence electrons. The fourth-order valence-electron chi connectivity index (χ4n) is 1.86. The molecule has 0 bridgehead atoms. The Morgan fingerprint density at radius 1 is 1.47 bits per heavy atom. The molecule has 1 aliphatic heterocycles. The molecule has 1 aromatic rings. The van der Waals surface area contributed by atoms with Crippen molar-refractivity contribution in [1.29, 1.82) is 0 Å². The van der Waals surface area contributed by atoms with E-state index in [2.05, 4.69) is 9.88 Å². The van der Waals surface area contributed by atoms with Gasteiger partial charge in [-0.05, 0) is 12.8 Å². The minimum absolute atomic E-state index is 0.0349. The van der Waals surface area contributed by atoms with Crippen molar-refractivity contribution in [2.24, 2.45) is 12.8 Å². The lowest BCUT2D eigenvalue weighted by molar-refractivity contribution is 0.719. The number of nitrogens with two attached hydrogens (primary N) is 1. The number of aromatic nitrogens is 2. The summed E-state index contributed by atoms with van der Waals surface area (Å²) < 4.78 is 1.50. The quantitative estimate of drug-likeness (QED) is 0.733. The summed E-state index contributed by atoms with van der Waals surface area (Å²) in [6.07, 6.45) is 2.35. The maximum Gasteiger partial charge on any atom is 0.255 e. The van der Waals surface area contributed by atoms with E-state index >= 15 is 0 Å². The fraction of sp³-hybridized carbons (Fsp3) is 0.600. The summed E-state index contributed by atoms with van der Waals surface area (Å²) in [5.41, 5.74) is 5.51. The summed E-state index contributed by atoms with van der Waals surface area (Å²) in [6.45, 7) is 2.28. The van der Waals surface area contributed by atoms with Crippen molar-refractivity contribution in [1.82, 2.24) is 9.55 Å². The Labute approximate surface area is 88.5 Å². The van der Waals surface area contributed by atoms with Crippen LogP contribution in [0.4, 0.5) is 5.82 Å². The van der Waals surface area contributed by atoms with Gasteiger partial charge in [0.25, 0.3) is 5.56 Å². The van der Waals surface area contributed by atoms with E-state index < -0.39 is 0 Å². The molecule has 5 heteroatoms. The van der Waals surface area contributed by atoms with Crippen LogP contribution >= 0.6 is 0 Å². The van der Waals surface area contributed by atoms with E-state index in [9.17, 15) is 4.79 Å². The summed E-state index contributed by atoms with van der Waals surface area (Å²) >= 11 is 0. The lowest BCUT2D eigenvalue weighted by Crippen LogP contribution is -2.28. The Bertz CT molecular complexity index is 406. The lowest BCUT2D eigenvalue weighted by Gasteiger charge is -2.17. The number of hydrogen-bond donors (Lipinski definition) is 1. The first kappa shape index (κ1) is 10.2. The van der Waals surface area contributed by atoms with Gasteiger partial charge in [0, 0.05) is 26.2 Å². The average molecular weight is 208 g/mol. The van der Waals surface area contributed by atoms with Crippen LogP contribution in [0.1, 0.15) is 18.7 Å². The molecule has 0 atom stereocenters. The van der Waals surface area contributed by atoms with Crippen molar-refractivity contribution in [2.75, 3.05) is 18.0 Å². The van der Waals surface area contributed by atoms with Crippen LogP contribution in [-0.4, -0.2) is 22.6 Å². The summed E-state index contributed by atoms with van der Waals surface area (Å²) in [6, 6.07) is 1.59. The molecule has 0 aromatic carbocycles. The van der Waals surface area contributed by atoms with Crippen LogP contribution in [0.3, 0.4) is 0 Å². The first-order valence-electron chi connectivity index (χ1n) is 5.24. The number of anilines is 1. The van der Waals surface area contributed by atoms with Gasteiger partial charge in [-0.25, -0.2) is 4.98 Å². The van der Waals surface area contributed by atoms with Crippen molar-refractivity contribution in [3.05, 3.63) is 22.2 Å². The second kappa shape index (κ2) is 4.02. The van der Waals surface area contributed by atoms with Gasteiger partial charge >= 0.3 is 0 Å². The Hall–Kier alpha value is -1.36. The molecule has 0 amide bonds. The molecule has 1 aliphatic rings. The molecule has 2 rings (SSSR count). The Morgan fingerprint density at radius 3 is 2.73 bits per heavy atom. The van der Waals surface area contributed by atoms with Crippen LogP contribution in [0, 0.1) is 0 Å². The standard InChI is InChI=1S/C10H16N4O/c1-13-9(7-11)12-8(6-10(13)15)14-4-2-3-5-14/h6H,2-5,7,11H2,1H3. The topological polar surface area (TPSA) is 64.2 Å². The predicted molar refractivity (Wildman–Crippen MR) is 58.8 cm³/mol. The zero-order valence-electron chi connectivity index (χ0n) is 8.94. The number of rotatable bonds is 2. The lowest BCUT2D eigenvalue weighted by atomic mass is 10.4. The molecule has 1 fully saturated rings. The van der Waals surface area contributed by atoms with Crippen LogP contribution in [-0.2, 0) is 13.6 Å². The molecule has 15 heavy (non-hydrogen) atoms. The summed E-state index contributed by atoms with van der Waals surface area (Å²) in [4.78, 5) is 18.2. The Morgan fingerprint density at radius 2 is 2.13 bits per heavy atom. The predicted octanol–water partition coefficient (Wildman–Crippen LogP) is -0.161. The van der Waals surface area contributed by atoms with Crippen LogP contribution in [0.2, 0.25) is 0 Å². The third-order valence-corrected chi connectivity index (χ3v) is 2.83. The van der Waals surface area contributed by atoms with E-state index in [1.54, 1.807) is 13.1 Å². The van der Waals surface area contributed by atoms with Crippen molar-refractivity contribution in [2.45, 2.75) is 19.4 Å². The number of nitrogens with zero attached hydrogens (tertiary/aromatic N) is 3. The number of hydrogen-bond acceptors (Lipinski definition) is 4. The maximum absolute atomic E-state index is 11.6. The largest absolute Gasteiger partial charge is 0.356 e. The average Bonchev–Trinajstić information content (AvgIpc) is 2.75. The van der Waals surface area contributed by atoms with Gasteiger partial charge in [-0.1, -0.05) is 0 Å². The molecule has 1 saturated heterocycles. The van der Waals surface area contributed by atoms with Crippen molar-refractivity contribution in [3.63, 3.8) is 0 Å². The second-order valence-electron chi connectivity index (χ2n) is 3.83. The molecule has 5 nitrogen and oxygen atoms in total. The van der Waals surface area contributed by atoms with E-state index in [1.165, 1.54) is 17.4 Å². The van der Waals surface area contributed by atoms with Crippen LogP contribution in [0.5, 0.6) is 0 Å². The highest BCUT2D eigenvalue weighted by Gasteiger charge is 2.15. The highest BCUT2D eigenvalue weighted by molar-refractivity contribution is 5.38. The van der Waals surface area contributed by atoms with E-state index in [-0.39, 0.29) is 5.56 Å². The molecule has 0 aliphatic carbocycles. The van der Waals surface area contributed by atoms with E-state index in [0.717, 1.165) is 18.9 Å². The van der Waals surface area contributed by atoms with Gasteiger partial charge in [0.15, 0.2) is 0 Å². The second-order valence-corrected chi connectivity index (χ2v) is 3.83. The minimum Gasteiger partial charge on any atom is -0.356 e. The Kier molecular flexibility index (Phi) is 2.73. The monoisotopic (exact) mass is 208 g/mol. The fourth-order valence-corrected chi connectivity index (χ4v) is 1.86. The first-order chi connectivity index (χ1) is 7.22. The van der Waals surface area contributed by atoms with Crippen LogP contribution < -0.4 is 16.2 Å². The highest BCUT2D eigenvalue weighted by atomic mass is 16.1. The van der Waals surface area contributed by atoms with Gasteiger partial charge in [-0.3, -0.25) is 9.36 Å². The van der Waals surface area contributed by atoms with Crippen molar-refractivity contribution in [3.8, 4) is 0 Å². The van der Waals surface area contributed by atoms with Gasteiger partial charge in [-0.2, -0.15) is 0 Å². The summed E-state index contributed by atoms with van der Waals surface area (Å²) in [5.74, 6) is 1.42. The zero-order chi connectivity index (χ0) is 10.8. The van der Waals surface area contributed by atoms with Gasteiger partial charge in [0.2, 0.25) is 0 Å². The zero-order valence-corrected chi connectivity index (χ0v) is 8.94. The molecular formula is C10H16N4O. The molecule has 0 radical (unpaired) electrons. The van der Waals surface area contributed by atoms with E-state index in [4.69, 9.17) is 5.73 Å². The molecular weight excluding hydrogens is 192 g/mol. The minimum atomic E-state index is -0.0349. The third-order valence-electron chi connectivity index (χ3n) is 2.83. The maximum atomic E-state index is 11.6. The van der Waals surface area contributed by atoms with Crippen molar-refractivity contribution < 1.29 is 0 Å². The van der Waals surface area contributed by atoms with Gasteiger partial charge in [0.1, 0.15) is 11.6 Å². The summed E-state index contributed by atoms with van der Waals surface area (Å²) in [7, 11) is 1.70. The normalized spacial score (nSPS) is 16.0. The molecule has 2 heterocycles. The Balaban J connectivity index is 2.40. The molecule has 0 saturated carbocycles. The van der Waals surface area contributed by atoms with Crippen LogP contribution in [0.25, 0.3) is 0 Å². The van der Waals surface area contributed by atoms with Gasteiger partial charge in [-0.15, -0.1) is 0 Å². The van der Waals surface area contributed by atoms with Gasteiger partial charge < -0.3 is 10.6 Å².